The van der Waals surface area contributed by atoms with Crippen LogP contribution >= 0.6 is 38.1 Å². The summed E-state index contributed by atoms with van der Waals surface area (Å²) in [4.78, 5) is 27.4. The van der Waals surface area contributed by atoms with Crippen LogP contribution in [0.15, 0.2) is 35.6 Å². The van der Waals surface area contributed by atoms with E-state index in [1.807, 2.05) is 6.07 Å². The Labute approximate surface area is 252 Å². The number of nitrogens with zero attached hydrogens (tertiary/aromatic N) is 5. The number of rotatable bonds is 2. The number of nitrogens with one attached hydrogen (secondary N) is 1. The molecule has 0 amide bonds. The molecule has 0 radical (unpaired) electrons. The first kappa shape index (κ1) is 29.3. The van der Waals surface area contributed by atoms with E-state index in [1.54, 1.807) is 23.0 Å². The lowest BCUT2D eigenvalue weighted by molar-refractivity contribution is -0.0556. The van der Waals surface area contributed by atoms with Gasteiger partial charge in [-0.15, -0.1) is 0 Å². The molecular weight excluding hydrogens is 646 g/mol. The molecule has 3 saturated heterocycles. The van der Waals surface area contributed by atoms with Crippen LogP contribution in [-0.2, 0) is 36.7 Å². The van der Waals surface area contributed by atoms with Crippen molar-refractivity contribution in [1.29, 1.82) is 0 Å². The van der Waals surface area contributed by atoms with Gasteiger partial charge in [-0.2, -0.15) is 4.98 Å². The molecule has 4 aromatic rings. The molecule has 0 spiro atoms. The number of fused-ring (bicyclic) bond motifs is 5. The fraction of sp³-hybridized carbons (Fsp3) is 0.455. The number of pyridine rings is 1. The number of hydrogen-bond acceptors (Lipinski definition) is 14. The first-order valence-corrected chi connectivity index (χ1v) is 18.4. The van der Waals surface area contributed by atoms with E-state index in [9.17, 15) is 13.9 Å². The van der Waals surface area contributed by atoms with E-state index in [0.29, 0.717) is 11.3 Å². The Morgan fingerprint density at radius 1 is 0.930 bits per heavy atom. The minimum absolute atomic E-state index is 0.0107. The van der Waals surface area contributed by atoms with Gasteiger partial charge in [-0.25, -0.2) is 19.1 Å². The highest BCUT2D eigenvalue weighted by Gasteiger charge is 2.46. The number of aromatic amines is 1. The SMILES string of the molecule is Nc1nc2c(ncn2[C@@H]2O[C@@H]3COP(=O)(S)O[C@H]4C[C@H](n5ccc6c(N)ccnc65)OC4CO[P@@](=O)(S)O[C@@H]2C3)c(=O)[nH]1. The van der Waals surface area contributed by atoms with E-state index in [-0.39, 0.29) is 43.2 Å². The van der Waals surface area contributed by atoms with Gasteiger partial charge in [-0.05, 0) is 12.1 Å². The molecule has 3 fully saturated rings. The summed E-state index contributed by atoms with van der Waals surface area (Å²) >= 11 is 8.39. The average Bonchev–Trinajstić information content (AvgIpc) is 3.71. The molecule has 5 N–H and O–H groups in total. The maximum Gasteiger partial charge on any atom is 0.386 e. The summed E-state index contributed by atoms with van der Waals surface area (Å²) in [5.41, 5.74) is 12.5. The Kier molecular flexibility index (Phi) is 7.40. The Morgan fingerprint density at radius 2 is 1.70 bits per heavy atom. The van der Waals surface area contributed by atoms with Gasteiger partial charge in [0.15, 0.2) is 17.4 Å². The first-order chi connectivity index (χ1) is 20.5. The van der Waals surface area contributed by atoms with E-state index >= 15 is 0 Å². The maximum atomic E-state index is 13.5. The Hall–Kier alpha value is -2.44. The van der Waals surface area contributed by atoms with Crippen LogP contribution < -0.4 is 17.0 Å². The molecule has 3 aliphatic rings. The second-order valence-electron chi connectivity index (χ2n) is 10.2. The number of ether oxygens (including phenoxy) is 2. The lowest BCUT2D eigenvalue weighted by Crippen LogP contribution is -2.28. The zero-order valence-electron chi connectivity index (χ0n) is 22.0. The van der Waals surface area contributed by atoms with Crippen molar-refractivity contribution >= 4 is 71.9 Å². The zero-order valence-corrected chi connectivity index (χ0v) is 25.6. The predicted octanol–water partition coefficient (Wildman–Crippen LogP) is 2.80. The van der Waals surface area contributed by atoms with Crippen LogP contribution in [0, 0.1) is 0 Å². The molecule has 0 aliphatic carbocycles. The summed E-state index contributed by atoms with van der Waals surface area (Å²) in [6.45, 7) is -8.54. The third kappa shape index (κ3) is 5.63. The molecule has 17 nitrogen and oxygen atoms in total. The summed E-state index contributed by atoms with van der Waals surface area (Å²) in [5.74, 6) is -0.135. The molecule has 4 aromatic heterocycles. The lowest BCUT2D eigenvalue weighted by atomic mass is 10.2. The fourth-order valence-electron chi connectivity index (χ4n) is 5.48. The number of anilines is 2. The molecule has 43 heavy (non-hydrogen) atoms. The second-order valence-corrected chi connectivity index (χ2v) is 16.0. The maximum absolute atomic E-state index is 13.5. The van der Waals surface area contributed by atoms with Crippen LogP contribution in [0.4, 0.5) is 11.6 Å². The van der Waals surface area contributed by atoms with Crippen molar-refractivity contribution in [2.45, 2.75) is 49.7 Å². The van der Waals surface area contributed by atoms with Crippen LogP contribution in [0.3, 0.4) is 0 Å². The predicted molar refractivity (Wildman–Crippen MR) is 159 cm³/mol. The Bertz CT molecular complexity index is 1870. The molecule has 2 unspecified atom stereocenters. The molecule has 0 aromatic carbocycles. The largest absolute Gasteiger partial charge is 0.398 e. The van der Waals surface area contributed by atoms with Crippen molar-refractivity contribution in [2.24, 2.45) is 0 Å². The minimum Gasteiger partial charge on any atom is -0.398 e. The monoisotopic (exact) mass is 672 g/mol. The van der Waals surface area contributed by atoms with Gasteiger partial charge in [0.1, 0.15) is 30.2 Å². The molecule has 21 heteroatoms. The first-order valence-electron chi connectivity index (χ1n) is 13.0. The van der Waals surface area contributed by atoms with Gasteiger partial charge in [0, 0.05) is 36.3 Å². The van der Waals surface area contributed by atoms with Gasteiger partial charge >= 0.3 is 13.6 Å². The minimum atomic E-state index is -4.06. The van der Waals surface area contributed by atoms with Crippen molar-refractivity contribution in [3.63, 3.8) is 0 Å². The molecule has 7 heterocycles. The summed E-state index contributed by atoms with van der Waals surface area (Å²) < 4.78 is 65.4. The number of imidazole rings is 1. The summed E-state index contributed by atoms with van der Waals surface area (Å²) in [6.07, 6.45) is 0.0315. The van der Waals surface area contributed by atoms with Crippen LogP contribution in [0.25, 0.3) is 22.2 Å². The molecule has 230 valence electrons. The normalized spacial score (nSPS) is 35.4. The van der Waals surface area contributed by atoms with Crippen LogP contribution in [0.1, 0.15) is 25.3 Å². The van der Waals surface area contributed by atoms with E-state index in [0.717, 1.165) is 5.39 Å². The number of thiol groups is 2. The van der Waals surface area contributed by atoms with Gasteiger partial charge in [0.05, 0.1) is 25.6 Å². The molecule has 8 atom stereocenters. The molecule has 0 saturated carbocycles. The Balaban J connectivity index is 1.17. The third-order valence-corrected chi connectivity index (χ3v) is 10.7. The average molecular weight is 673 g/mol. The van der Waals surface area contributed by atoms with Crippen molar-refractivity contribution in [2.75, 3.05) is 24.7 Å². The lowest BCUT2D eigenvalue weighted by Gasteiger charge is -2.26. The molecule has 2 bridgehead atoms. The highest BCUT2D eigenvalue weighted by molar-refractivity contribution is 8.44. The van der Waals surface area contributed by atoms with Gasteiger partial charge in [-0.3, -0.25) is 32.4 Å². The standard InChI is InChI=1S/C22H26N8O9P2S2/c23-12-1-3-25-18-11(12)2-4-29(18)16-6-13-15(37-16)8-35-41(33,43)39-14-5-10(7-34-40(32,42)38-13)36-21(14)30-9-26-17-19(30)27-22(24)28-20(17)31/h1-4,9-10,13-16,21H,5-8H2,(H2,23,25)(H,32,42)(H,33,43)(H3,24,27,28,31)/t10-,13-,14+,15?,16+,21+,40?,41+/m0/s1. The third-order valence-electron chi connectivity index (χ3n) is 7.37. The van der Waals surface area contributed by atoms with Crippen LogP contribution in [0.5, 0.6) is 0 Å². The summed E-state index contributed by atoms with van der Waals surface area (Å²) in [7, 11) is 0. The summed E-state index contributed by atoms with van der Waals surface area (Å²) in [6, 6.07) is 3.50. The van der Waals surface area contributed by atoms with Crippen LogP contribution in [0.2, 0.25) is 0 Å². The molecular formula is C22H26N8O9P2S2. The van der Waals surface area contributed by atoms with E-state index in [4.69, 9.17) is 39.0 Å². The zero-order chi connectivity index (χ0) is 30.1. The number of H-pyrrole nitrogens is 1. The van der Waals surface area contributed by atoms with Gasteiger partial charge in [0.25, 0.3) is 5.56 Å². The van der Waals surface area contributed by atoms with E-state index in [1.165, 1.54) is 10.9 Å². The number of nitrogens with two attached hydrogens (primary N) is 2. The molecule has 3 aliphatic heterocycles. The fourth-order valence-corrected chi connectivity index (χ4v) is 8.52. The van der Waals surface area contributed by atoms with Gasteiger partial charge < -0.3 is 25.5 Å². The second kappa shape index (κ2) is 10.9. The quantitative estimate of drug-likeness (QED) is 0.153. The number of aromatic nitrogens is 6. The van der Waals surface area contributed by atoms with Crippen LogP contribution in [-0.4, -0.2) is 66.7 Å². The highest BCUT2D eigenvalue weighted by Crippen LogP contribution is 2.60. The molecule has 7 rings (SSSR count). The van der Waals surface area contributed by atoms with E-state index < -0.39 is 56.0 Å². The van der Waals surface area contributed by atoms with Crippen molar-refractivity contribution in [1.82, 2.24) is 29.1 Å². The highest BCUT2D eigenvalue weighted by atomic mass is 32.7. The summed E-state index contributed by atoms with van der Waals surface area (Å²) in [5, 5.41) is 0.736. The number of hydrogen-bond donors (Lipinski definition) is 5. The van der Waals surface area contributed by atoms with E-state index in [2.05, 4.69) is 44.4 Å². The topological polar surface area (TPSA) is 223 Å². The Morgan fingerprint density at radius 3 is 2.51 bits per heavy atom. The van der Waals surface area contributed by atoms with Crippen molar-refractivity contribution < 1.29 is 36.7 Å². The smallest absolute Gasteiger partial charge is 0.386 e. The number of nitrogen functional groups attached to an aromatic ring is 2. The van der Waals surface area contributed by atoms with Gasteiger partial charge in [0.2, 0.25) is 5.95 Å². The van der Waals surface area contributed by atoms with Crippen molar-refractivity contribution in [3.8, 4) is 0 Å². The van der Waals surface area contributed by atoms with Gasteiger partial charge in [-0.1, -0.05) is 24.5 Å². The van der Waals surface area contributed by atoms with Crippen molar-refractivity contribution in [3.05, 3.63) is 41.2 Å².